The number of para-hydroxylation sites is 1. The average molecular weight is 309 g/mol. The molecule has 1 nitrogen and oxygen atoms in total. The summed E-state index contributed by atoms with van der Waals surface area (Å²) in [7, 11) is 0. The van der Waals surface area contributed by atoms with Gasteiger partial charge in [0, 0.05) is 10.9 Å². The Morgan fingerprint density at radius 2 is 1.25 bits per heavy atom. The number of hydrogen-bond donors (Lipinski definition) is 0. The van der Waals surface area contributed by atoms with Gasteiger partial charge in [0.15, 0.2) is 0 Å². The molecule has 116 valence electrons. The van der Waals surface area contributed by atoms with Crippen LogP contribution in [0.4, 0.5) is 0 Å². The molecule has 24 heavy (non-hydrogen) atoms. The second-order valence-electron chi connectivity index (χ2n) is 6.23. The molecule has 0 radical (unpaired) electrons. The maximum absolute atomic E-state index is 4.78. The molecule has 1 heterocycles. The van der Waals surface area contributed by atoms with E-state index in [-0.39, 0.29) is 0 Å². The average Bonchev–Trinajstić information content (AvgIpc) is 2.62. The molecular formula is C23H19N. The highest BCUT2D eigenvalue weighted by Crippen LogP contribution is 2.29. The maximum Gasteiger partial charge on any atom is 0.0709 e. The van der Waals surface area contributed by atoms with Gasteiger partial charge < -0.3 is 0 Å². The summed E-state index contributed by atoms with van der Waals surface area (Å²) < 4.78 is 0. The van der Waals surface area contributed by atoms with Gasteiger partial charge in [0.2, 0.25) is 0 Å². The quantitative estimate of drug-likeness (QED) is 0.430. The zero-order chi connectivity index (χ0) is 16.5. The molecule has 0 atom stereocenters. The van der Waals surface area contributed by atoms with Crippen molar-refractivity contribution >= 4 is 10.9 Å². The number of pyridine rings is 1. The third-order valence-electron chi connectivity index (χ3n) is 4.55. The Morgan fingerprint density at radius 3 is 2.00 bits per heavy atom. The van der Waals surface area contributed by atoms with Crippen molar-refractivity contribution in [1.82, 2.24) is 4.98 Å². The van der Waals surface area contributed by atoms with Crippen LogP contribution in [0.5, 0.6) is 0 Å². The Balaban J connectivity index is 1.75. The topological polar surface area (TPSA) is 12.9 Å². The minimum absolute atomic E-state index is 1.02. The van der Waals surface area contributed by atoms with Gasteiger partial charge >= 0.3 is 0 Å². The van der Waals surface area contributed by atoms with Gasteiger partial charge in [0.05, 0.1) is 11.2 Å². The third-order valence-corrected chi connectivity index (χ3v) is 4.55. The Morgan fingerprint density at radius 1 is 0.583 bits per heavy atom. The highest BCUT2D eigenvalue weighted by Gasteiger charge is 2.06. The smallest absolute Gasteiger partial charge is 0.0709 e. The summed E-state index contributed by atoms with van der Waals surface area (Å²) in [6.45, 7) is 4.34. The van der Waals surface area contributed by atoms with Crippen molar-refractivity contribution in [3.8, 4) is 22.4 Å². The number of nitrogens with zero attached hydrogens (tertiary/aromatic N) is 1. The summed E-state index contributed by atoms with van der Waals surface area (Å²) in [6.07, 6.45) is 0. The molecule has 1 aromatic heterocycles. The lowest BCUT2D eigenvalue weighted by atomic mass is 9.95. The predicted molar refractivity (Wildman–Crippen MR) is 102 cm³/mol. The maximum atomic E-state index is 4.78. The lowest BCUT2D eigenvalue weighted by Crippen LogP contribution is -1.89. The van der Waals surface area contributed by atoms with Crippen LogP contribution in [0.2, 0.25) is 0 Å². The number of hydrogen-bond acceptors (Lipinski definition) is 1. The van der Waals surface area contributed by atoms with Gasteiger partial charge in [-0.3, -0.25) is 0 Å². The fourth-order valence-electron chi connectivity index (χ4n) is 3.30. The number of rotatable bonds is 2. The molecule has 1 heteroatoms. The predicted octanol–water partition coefficient (Wildman–Crippen LogP) is 6.19. The fraction of sp³-hybridized carbons (Fsp3) is 0.0870. The van der Waals surface area contributed by atoms with Gasteiger partial charge in [-0.1, -0.05) is 66.7 Å². The number of fused-ring (bicyclic) bond motifs is 1. The molecule has 0 bridgehead atoms. The van der Waals surface area contributed by atoms with E-state index in [4.69, 9.17) is 4.98 Å². The minimum Gasteiger partial charge on any atom is -0.248 e. The number of aryl methyl sites for hydroxylation is 2. The van der Waals surface area contributed by atoms with Crippen molar-refractivity contribution < 1.29 is 0 Å². The van der Waals surface area contributed by atoms with E-state index in [1.807, 2.05) is 12.1 Å². The largest absolute Gasteiger partial charge is 0.248 e. The summed E-state index contributed by atoms with van der Waals surface area (Å²) in [6, 6.07) is 27.6. The minimum atomic E-state index is 1.02. The van der Waals surface area contributed by atoms with E-state index < -0.39 is 0 Å². The van der Waals surface area contributed by atoms with Crippen LogP contribution in [0, 0.1) is 13.8 Å². The van der Waals surface area contributed by atoms with Crippen LogP contribution in [0.1, 0.15) is 11.1 Å². The van der Waals surface area contributed by atoms with Crippen molar-refractivity contribution in [2.45, 2.75) is 13.8 Å². The summed E-state index contributed by atoms with van der Waals surface area (Å²) in [5.74, 6) is 0. The fourth-order valence-corrected chi connectivity index (χ4v) is 3.30. The van der Waals surface area contributed by atoms with Crippen molar-refractivity contribution in [3.05, 3.63) is 90.0 Å². The molecule has 4 rings (SSSR count). The number of aromatic nitrogens is 1. The molecule has 0 spiro atoms. The van der Waals surface area contributed by atoms with E-state index in [1.165, 1.54) is 27.6 Å². The second kappa shape index (κ2) is 5.93. The molecule has 0 N–H and O–H groups in total. The Bertz CT molecular complexity index is 993. The third kappa shape index (κ3) is 2.59. The lowest BCUT2D eigenvalue weighted by Gasteiger charge is -2.11. The van der Waals surface area contributed by atoms with E-state index in [1.54, 1.807) is 0 Å². The molecule has 0 saturated heterocycles. The first-order chi connectivity index (χ1) is 11.7. The van der Waals surface area contributed by atoms with Gasteiger partial charge in [-0.2, -0.15) is 0 Å². The van der Waals surface area contributed by atoms with Crippen molar-refractivity contribution in [1.29, 1.82) is 0 Å². The van der Waals surface area contributed by atoms with Crippen molar-refractivity contribution in [3.63, 3.8) is 0 Å². The van der Waals surface area contributed by atoms with E-state index >= 15 is 0 Å². The van der Waals surface area contributed by atoms with E-state index in [0.717, 1.165) is 16.8 Å². The van der Waals surface area contributed by atoms with Gasteiger partial charge in [0.1, 0.15) is 0 Å². The standard InChI is InChI=1S/C23H19N/c1-16-6-5-7-17(2)23(16)20-12-10-19(11-13-20)22-15-14-18-8-3-4-9-21(18)24-22/h3-15H,1-2H3. The summed E-state index contributed by atoms with van der Waals surface area (Å²) in [5, 5.41) is 1.17. The molecule has 0 aliphatic heterocycles. The monoisotopic (exact) mass is 309 g/mol. The van der Waals surface area contributed by atoms with E-state index in [9.17, 15) is 0 Å². The zero-order valence-corrected chi connectivity index (χ0v) is 14.0. The highest BCUT2D eigenvalue weighted by atomic mass is 14.7. The summed E-state index contributed by atoms with van der Waals surface area (Å²) >= 11 is 0. The first kappa shape index (κ1) is 14.6. The highest BCUT2D eigenvalue weighted by molar-refractivity contribution is 5.82. The number of benzene rings is 3. The Hall–Kier alpha value is -2.93. The molecular weight excluding hydrogens is 290 g/mol. The van der Waals surface area contributed by atoms with Crippen molar-refractivity contribution in [2.75, 3.05) is 0 Å². The summed E-state index contributed by atoms with van der Waals surface area (Å²) in [4.78, 5) is 4.78. The van der Waals surface area contributed by atoms with Crippen LogP contribution in [0.3, 0.4) is 0 Å². The lowest BCUT2D eigenvalue weighted by molar-refractivity contribution is 1.37. The van der Waals surface area contributed by atoms with Crippen LogP contribution in [0.25, 0.3) is 33.3 Å². The molecule has 0 aliphatic rings. The van der Waals surface area contributed by atoms with Crippen LogP contribution in [-0.4, -0.2) is 4.98 Å². The normalized spacial score (nSPS) is 10.9. The first-order valence-corrected chi connectivity index (χ1v) is 8.25. The molecule has 3 aromatic carbocycles. The Labute approximate surface area is 142 Å². The Kier molecular flexibility index (Phi) is 3.62. The molecule has 0 saturated carbocycles. The van der Waals surface area contributed by atoms with Crippen LogP contribution < -0.4 is 0 Å². The zero-order valence-electron chi connectivity index (χ0n) is 14.0. The van der Waals surface area contributed by atoms with Crippen LogP contribution in [0.15, 0.2) is 78.9 Å². The van der Waals surface area contributed by atoms with Gasteiger partial charge in [-0.25, -0.2) is 4.98 Å². The molecule has 0 unspecified atom stereocenters. The second-order valence-corrected chi connectivity index (χ2v) is 6.23. The van der Waals surface area contributed by atoms with E-state index in [0.29, 0.717) is 0 Å². The first-order valence-electron chi connectivity index (χ1n) is 8.25. The molecule has 0 fully saturated rings. The van der Waals surface area contributed by atoms with E-state index in [2.05, 4.69) is 80.6 Å². The van der Waals surface area contributed by atoms with Gasteiger partial charge in [0.25, 0.3) is 0 Å². The van der Waals surface area contributed by atoms with Crippen LogP contribution >= 0.6 is 0 Å². The SMILES string of the molecule is Cc1cccc(C)c1-c1ccc(-c2ccc3ccccc3n2)cc1. The molecule has 0 aliphatic carbocycles. The van der Waals surface area contributed by atoms with Crippen LogP contribution in [-0.2, 0) is 0 Å². The van der Waals surface area contributed by atoms with Crippen molar-refractivity contribution in [2.24, 2.45) is 0 Å². The van der Waals surface area contributed by atoms with Gasteiger partial charge in [-0.05, 0) is 48.2 Å². The van der Waals surface area contributed by atoms with Gasteiger partial charge in [-0.15, -0.1) is 0 Å². The summed E-state index contributed by atoms with van der Waals surface area (Å²) in [5.41, 5.74) is 8.41. The molecule has 4 aromatic rings. The molecule has 0 amide bonds.